The number of nitrogens with zero attached hydrogens (tertiary/aromatic N) is 2. The highest BCUT2D eigenvalue weighted by Gasteiger charge is 2.23. The van der Waals surface area contributed by atoms with Gasteiger partial charge in [-0.2, -0.15) is 0 Å². The molecule has 0 aliphatic carbocycles. The van der Waals surface area contributed by atoms with Crippen LogP contribution in [0.4, 0.5) is 0 Å². The highest BCUT2D eigenvalue weighted by Crippen LogP contribution is 2.16. The summed E-state index contributed by atoms with van der Waals surface area (Å²) in [5.74, 6) is -0.989. The number of rotatable bonds is 4. The Labute approximate surface area is 90.5 Å². The normalized spacial score (nSPS) is 14.6. The SMILES string of the molecule is CSc1ncc(C(O)C(O)C(N)=O)cn1. The molecule has 1 heterocycles. The van der Waals surface area contributed by atoms with Crippen LogP contribution < -0.4 is 5.73 Å². The average molecular weight is 229 g/mol. The molecule has 0 spiro atoms. The molecule has 0 radical (unpaired) electrons. The lowest BCUT2D eigenvalue weighted by atomic mass is 10.1. The highest BCUT2D eigenvalue weighted by molar-refractivity contribution is 7.98. The van der Waals surface area contributed by atoms with Gasteiger partial charge in [-0.15, -0.1) is 0 Å². The largest absolute Gasteiger partial charge is 0.385 e. The number of aliphatic hydroxyl groups excluding tert-OH is 2. The maximum atomic E-state index is 10.6. The Morgan fingerprint density at radius 2 is 2.00 bits per heavy atom. The number of hydrogen-bond donors (Lipinski definition) is 3. The molecule has 0 saturated heterocycles. The molecule has 1 aromatic rings. The number of hydrogen-bond acceptors (Lipinski definition) is 6. The second-order valence-corrected chi connectivity index (χ2v) is 3.57. The van der Waals surface area contributed by atoms with Gasteiger partial charge in [0.15, 0.2) is 11.3 Å². The van der Waals surface area contributed by atoms with Crippen molar-refractivity contribution in [3.63, 3.8) is 0 Å². The molecule has 1 amide bonds. The number of aromatic nitrogens is 2. The summed E-state index contributed by atoms with van der Waals surface area (Å²) in [4.78, 5) is 18.4. The predicted molar refractivity (Wildman–Crippen MR) is 54.0 cm³/mol. The van der Waals surface area contributed by atoms with Gasteiger partial charge in [0.25, 0.3) is 0 Å². The molecule has 1 aromatic heterocycles. The van der Waals surface area contributed by atoms with Crippen molar-refractivity contribution in [2.75, 3.05) is 6.26 Å². The third-order valence-corrected chi connectivity index (χ3v) is 2.34. The topological polar surface area (TPSA) is 109 Å². The Morgan fingerprint density at radius 1 is 1.47 bits per heavy atom. The maximum absolute atomic E-state index is 10.6. The van der Waals surface area contributed by atoms with Gasteiger partial charge in [-0.1, -0.05) is 11.8 Å². The number of aliphatic hydroxyl groups is 2. The molecule has 0 aliphatic heterocycles. The lowest BCUT2D eigenvalue weighted by Gasteiger charge is -2.14. The number of amides is 1. The first-order valence-corrected chi connectivity index (χ1v) is 5.30. The lowest BCUT2D eigenvalue weighted by Crippen LogP contribution is -2.33. The molecule has 15 heavy (non-hydrogen) atoms. The van der Waals surface area contributed by atoms with E-state index >= 15 is 0 Å². The Balaban J connectivity index is 2.82. The van der Waals surface area contributed by atoms with Gasteiger partial charge in [0, 0.05) is 18.0 Å². The molecule has 0 aliphatic rings. The van der Waals surface area contributed by atoms with Crippen LogP contribution in [0.25, 0.3) is 0 Å². The molecule has 4 N–H and O–H groups in total. The second kappa shape index (κ2) is 5.06. The van der Waals surface area contributed by atoms with Gasteiger partial charge in [-0.25, -0.2) is 9.97 Å². The summed E-state index contributed by atoms with van der Waals surface area (Å²) in [6, 6.07) is 0. The number of nitrogens with two attached hydrogens (primary N) is 1. The van der Waals surface area contributed by atoms with E-state index in [-0.39, 0.29) is 5.56 Å². The number of thioether (sulfide) groups is 1. The van der Waals surface area contributed by atoms with E-state index in [0.717, 1.165) is 0 Å². The Bertz CT molecular complexity index is 343. The van der Waals surface area contributed by atoms with Crippen molar-refractivity contribution in [1.82, 2.24) is 9.97 Å². The first-order chi connectivity index (χ1) is 7.06. The maximum Gasteiger partial charge on any atom is 0.249 e. The summed E-state index contributed by atoms with van der Waals surface area (Å²) in [5.41, 5.74) is 5.09. The Morgan fingerprint density at radius 3 is 2.40 bits per heavy atom. The van der Waals surface area contributed by atoms with Crippen LogP contribution in [0.3, 0.4) is 0 Å². The van der Waals surface area contributed by atoms with Crippen molar-refractivity contribution >= 4 is 17.7 Å². The quantitative estimate of drug-likeness (QED) is 0.455. The zero-order chi connectivity index (χ0) is 11.4. The van der Waals surface area contributed by atoms with Crippen LogP contribution in [0.2, 0.25) is 0 Å². The van der Waals surface area contributed by atoms with Crippen LogP contribution in [0.15, 0.2) is 17.6 Å². The molecular formula is C8H11N3O3S. The Kier molecular flexibility index (Phi) is 4.01. The molecule has 2 unspecified atom stereocenters. The van der Waals surface area contributed by atoms with Crippen molar-refractivity contribution in [2.45, 2.75) is 17.4 Å². The summed E-state index contributed by atoms with van der Waals surface area (Å²) in [5, 5.41) is 19.2. The number of carbonyl (C=O) groups is 1. The third-order valence-electron chi connectivity index (χ3n) is 1.76. The molecule has 7 heteroatoms. The molecule has 6 nitrogen and oxygen atoms in total. The fourth-order valence-electron chi connectivity index (χ4n) is 0.922. The minimum Gasteiger partial charge on any atom is -0.385 e. The molecule has 1 rings (SSSR count). The van der Waals surface area contributed by atoms with E-state index in [1.165, 1.54) is 24.2 Å². The van der Waals surface area contributed by atoms with Gasteiger partial charge in [-0.05, 0) is 6.26 Å². The predicted octanol–water partition coefficient (Wildman–Crippen LogP) is -0.922. The van der Waals surface area contributed by atoms with E-state index in [0.29, 0.717) is 5.16 Å². The van der Waals surface area contributed by atoms with Crippen molar-refractivity contribution in [1.29, 1.82) is 0 Å². The van der Waals surface area contributed by atoms with Crippen molar-refractivity contribution in [3.05, 3.63) is 18.0 Å². The van der Waals surface area contributed by atoms with E-state index < -0.39 is 18.1 Å². The van der Waals surface area contributed by atoms with Gasteiger partial charge < -0.3 is 15.9 Å². The summed E-state index contributed by atoms with van der Waals surface area (Å²) in [6.45, 7) is 0. The van der Waals surface area contributed by atoms with E-state index in [1.54, 1.807) is 0 Å². The average Bonchev–Trinajstić information content (AvgIpc) is 2.27. The lowest BCUT2D eigenvalue weighted by molar-refractivity contribution is -0.132. The standard InChI is InChI=1S/C8H11N3O3S/c1-15-8-10-2-4(3-11-8)5(12)6(13)7(9)14/h2-3,5-6,12-13H,1H3,(H2,9,14). The van der Waals surface area contributed by atoms with Crippen molar-refractivity contribution in [3.8, 4) is 0 Å². The summed E-state index contributed by atoms with van der Waals surface area (Å²) in [6.07, 6.45) is 1.46. The summed E-state index contributed by atoms with van der Waals surface area (Å²) >= 11 is 1.35. The minimum absolute atomic E-state index is 0.249. The van der Waals surface area contributed by atoms with Crippen molar-refractivity contribution in [2.24, 2.45) is 5.73 Å². The van der Waals surface area contributed by atoms with Crippen LogP contribution in [0, 0.1) is 0 Å². The van der Waals surface area contributed by atoms with Crippen LogP contribution in [-0.4, -0.2) is 38.4 Å². The Hall–Kier alpha value is -1.18. The monoisotopic (exact) mass is 229 g/mol. The van der Waals surface area contributed by atoms with Crippen LogP contribution in [0.5, 0.6) is 0 Å². The van der Waals surface area contributed by atoms with Gasteiger partial charge in [0.05, 0.1) is 0 Å². The van der Waals surface area contributed by atoms with Gasteiger partial charge in [-0.3, -0.25) is 4.79 Å². The van der Waals surface area contributed by atoms with E-state index in [4.69, 9.17) is 5.73 Å². The molecule has 82 valence electrons. The minimum atomic E-state index is -1.64. The van der Waals surface area contributed by atoms with Gasteiger partial charge >= 0.3 is 0 Å². The van der Waals surface area contributed by atoms with Gasteiger partial charge in [0.1, 0.15) is 6.10 Å². The highest BCUT2D eigenvalue weighted by atomic mass is 32.2. The van der Waals surface area contributed by atoms with Crippen molar-refractivity contribution < 1.29 is 15.0 Å². The summed E-state index contributed by atoms with van der Waals surface area (Å²) < 4.78 is 0. The second-order valence-electron chi connectivity index (χ2n) is 2.80. The molecule has 0 fully saturated rings. The number of primary amides is 1. The smallest absolute Gasteiger partial charge is 0.249 e. The fraction of sp³-hybridized carbons (Fsp3) is 0.375. The van der Waals surface area contributed by atoms with E-state index in [2.05, 4.69) is 9.97 Å². The van der Waals surface area contributed by atoms with Crippen LogP contribution in [0.1, 0.15) is 11.7 Å². The van der Waals surface area contributed by atoms with E-state index in [9.17, 15) is 15.0 Å². The first-order valence-electron chi connectivity index (χ1n) is 4.07. The number of carbonyl (C=O) groups excluding carboxylic acids is 1. The zero-order valence-electron chi connectivity index (χ0n) is 7.99. The van der Waals surface area contributed by atoms with Gasteiger partial charge in [0.2, 0.25) is 5.91 Å². The third kappa shape index (κ3) is 2.88. The fourth-order valence-corrected chi connectivity index (χ4v) is 1.24. The molecule has 0 bridgehead atoms. The first kappa shape index (κ1) is 11.9. The van der Waals surface area contributed by atoms with E-state index in [1.807, 2.05) is 6.26 Å². The molecule has 0 saturated carbocycles. The summed E-state index contributed by atoms with van der Waals surface area (Å²) in [7, 11) is 0. The molecule has 0 aromatic carbocycles. The van der Waals surface area contributed by atoms with Crippen LogP contribution in [-0.2, 0) is 4.79 Å². The molecule has 2 atom stereocenters. The van der Waals surface area contributed by atoms with Crippen LogP contribution >= 0.6 is 11.8 Å². The molecular weight excluding hydrogens is 218 g/mol. The zero-order valence-corrected chi connectivity index (χ0v) is 8.81.